The van der Waals surface area contributed by atoms with Gasteiger partial charge >= 0.3 is 0 Å². The summed E-state index contributed by atoms with van der Waals surface area (Å²) in [7, 11) is 0. The number of nitrogens with zero attached hydrogens (tertiary/aromatic N) is 2. The Morgan fingerprint density at radius 1 is 1.50 bits per heavy atom. The number of thioether (sulfide) groups is 1. The molecule has 4 heteroatoms. The Bertz CT molecular complexity index is 359. The molecule has 0 aliphatic carbocycles. The summed E-state index contributed by atoms with van der Waals surface area (Å²) in [5.74, 6) is 2.14. The Hall–Kier alpha value is -0.740. The van der Waals surface area contributed by atoms with Crippen LogP contribution in [0.1, 0.15) is 19.5 Å². The number of rotatable bonds is 2. The quantitative estimate of drug-likeness (QED) is 0.854. The first-order valence-electron chi connectivity index (χ1n) is 5.67. The van der Waals surface area contributed by atoms with Crippen LogP contribution in [0.15, 0.2) is 18.2 Å². The highest BCUT2D eigenvalue weighted by molar-refractivity contribution is 8.00. The standard InChI is InChI=1S/C12H18N2OS/c1-9-10(2)16-7-6-14(9)12-5-3-4-11(8-15)13-12/h3-5,9-10,15H,6-8H2,1-2H3. The van der Waals surface area contributed by atoms with Crippen molar-refractivity contribution in [2.75, 3.05) is 17.2 Å². The van der Waals surface area contributed by atoms with E-state index >= 15 is 0 Å². The zero-order valence-corrected chi connectivity index (χ0v) is 10.6. The molecule has 3 nitrogen and oxygen atoms in total. The van der Waals surface area contributed by atoms with Crippen molar-refractivity contribution in [1.29, 1.82) is 0 Å². The second kappa shape index (κ2) is 5.06. The van der Waals surface area contributed by atoms with Gasteiger partial charge in [0.2, 0.25) is 0 Å². The molecule has 88 valence electrons. The van der Waals surface area contributed by atoms with Crippen LogP contribution >= 0.6 is 11.8 Å². The number of aromatic nitrogens is 1. The second-order valence-electron chi connectivity index (χ2n) is 4.16. The van der Waals surface area contributed by atoms with Gasteiger partial charge in [-0.25, -0.2) is 4.98 Å². The van der Waals surface area contributed by atoms with Gasteiger partial charge in [-0.1, -0.05) is 13.0 Å². The fourth-order valence-electron chi connectivity index (χ4n) is 1.97. The van der Waals surface area contributed by atoms with E-state index in [0.717, 1.165) is 23.8 Å². The minimum absolute atomic E-state index is 0.0143. The molecule has 1 fully saturated rings. The number of pyridine rings is 1. The van der Waals surface area contributed by atoms with E-state index in [1.165, 1.54) is 0 Å². The van der Waals surface area contributed by atoms with Crippen LogP contribution in [0.2, 0.25) is 0 Å². The molecule has 0 amide bonds. The van der Waals surface area contributed by atoms with E-state index in [-0.39, 0.29) is 6.61 Å². The fraction of sp³-hybridized carbons (Fsp3) is 0.583. The second-order valence-corrected chi connectivity index (χ2v) is 5.64. The van der Waals surface area contributed by atoms with Crippen molar-refractivity contribution in [3.8, 4) is 0 Å². The highest BCUT2D eigenvalue weighted by atomic mass is 32.2. The summed E-state index contributed by atoms with van der Waals surface area (Å²) in [6.07, 6.45) is 0. The monoisotopic (exact) mass is 238 g/mol. The van der Waals surface area contributed by atoms with Crippen LogP contribution in [-0.2, 0) is 6.61 Å². The topological polar surface area (TPSA) is 36.4 Å². The molecule has 0 radical (unpaired) electrons. The Morgan fingerprint density at radius 3 is 3.06 bits per heavy atom. The summed E-state index contributed by atoms with van der Waals surface area (Å²) in [6.45, 7) is 5.56. The molecule has 2 atom stereocenters. The van der Waals surface area contributed by atoms with Gasteiger partial charge in [-0.3, -0.25) is 0 Å². The van der Waals surface area contributed by atoms with E-state index < -0.39 is 0 Å². The largest absolute Gasteiger partial charge is 0.390 e. The molecular weight excluding hydrogens is 220 g/mol. The smallest absolute Gasteiger partial charge is 0.129 e. The van der Waals surface area contributed by atoms with Crippen molar-refractivity contribution in [1.82, 2.24) is 4.98 Å². The molecule has 1 N–H and O–H groups in total. The van der Waals surface area contributed by atoms with Crippen LogP contribution in [0, 0.1) is 0 Å². The van der Waals surface area contributed by atoms with Crippen LogP contribution in [0.4, 0.5) is 5.82 Å². The van der Waals surface area contributed by atoms with Gasteiger partial charge in [0.05, 0.1) is 12.3 Å². The molecule has 2 unspecified atom stereocenters. The van der Waals surface area contributed by atoms with Crippen molar-refractivity contribution in [2.24, 2.45) is 0 Å². The normalized spacial score (nSPS) is 25.8. The molecule has 1 saturated heterocycles. The molecule has 0 aromatic carbocycles. The maximum atomic E-state index is 9.09. The van der Waals surface area contributed by atoms with Crippen LogP contribution in [0.5, 0.6) is 0 Å². The average Bonchev–Trinajstić information content (AvgIpc) is 2.33. The van der Waals surface area contributed by atoms with E-state index in [4.69, 9.17) is 5.11 Å². The zero-order valence-electron chi connectivity index (χ0n) is 9.76. The van der Waals surface area contributed by atoms with Crippen LogP contribution < -0.4 is 4.90 Å². The molecule has 2 heterocycles. The molecule has 1 aliphatic rings. The fourth-order valence-corrected chi connectivity index (χ4v) is 3.07. The molecule has 1 aromatic rings. The molecule has 1 aliphatic heterocycles. The van der Waals surface area contributed by atoms with Crippen LogP contribution in [-0.4, -0.2) is 33.7 Å². The first kappa shape index (κ1) is 11.7. The van der Waals surface area contributed by atoms with Gasteiger partial charge in [-0.15, -0.1) is 0 Å². The minimum atomic E-state index is 0.0143. The number of hydrogen-bond donors (Lipinski definition) is 1. The number of hydrogen-bond acceptors (Lipinski definition) is 4. The Morgan fingerprint density at radius 2 is 2.31 bits per heavy atom. The molecule has 0 saturated carbocycles. The van der Waals surface area contributed by atoms with Gasteiger partial charge < -0.3 is 10.0 Å². The minimum Gasteiger partial charge on any atom is -0.390 e. The number of aliphatic hydroxyl groups excluding tert-OH is 1. The SMILES string of the molecule is CC1SCCN(c2cccc(CO)n2)C1C. The summed E-state index contributed by atoms with van der Waals surface area (Å²) in [5.41, 5.74) is 0.746. The summed E-state index contributed by atoms with van der Waals surface area (Å²) in [6, 6.07) is 6.35. The highest BCUT2D eigenvalue weighted by Crippen LogP contribution is 2.27. The van der Waals surface area contributed by atoms with E-state index in [2.05, 4.69) is 23.7 Å². The van der Waals surface area contributed by atoms with Gasteiger partial charge in [0.1, 0.15) is 5.82 Å². The first-order valence-corrected chi connectivity index (χ1v) is 6.72. The predicted molar refractivity (Wildman–Crippen MR) is 68.9 cm³/mol. The van der Waals surface area contributed by atoms with Crippen molar-refractivity contribution in [3.63, 3.8) is 0 Å². The highest BCUT2D eigenvalue weighted by Gasteiger charge is 2.25. The lowest BCUT2D eigenvalue weighted by Gasteiger charge is -2.38. The van der Waals surface area contributed by atoms with Crippen molar-refractivity contribution in [2.45, 2.75) is 31.7 Å². The average molecular weight is 238 g/mol. The molecule has 2 rings (SSSR count). The van der Waals surface area contributed by atoms with Gasteiger partial charge in [0.15, 0.2) is 0 Å². The summed E-state index contributed by atoms with van der Waals surface area (Å²) in [5, 5.41) is 9.73. The Labute approximate surface area is 101 Å². The zero-order chi connectivity index (χ0) is 11.5. The van der Waals surface area contributed by atoms with E-state index in [1.807, 2.05) is 30.0 Å². The third-order valence-electron chi connectivity index (χ3n) is 3.13. The van der Waals surface area contributed by atoms with Crippen LogP contribution in [0.3, 0.4) is 0 Å². The van der Waals surface area contributed by atoms with Gasteiger partial charge in [0.25, 0.3) is 0 Å². The Kier molecular flexibility index (Phi) is 3.71. The first-order chi connectivity index (χ1) is 7.72. The third-order valence-corrected chi connectivity index (χ3v) is 4.47. The van der Waals surface area contributed by atoms with E-state index in [1.54, 1.807) is 0 Å². The van der Waals surface area contributed by atoms with Gasteiger partial charge in [-0.05, 0) is 19.1 Å². The summed E-state index contributed by atoms with van der Waals surface area (Å²) < 4.78 is 0. The van der Waals surface area contributed by atoms with E-state index in [0.29, 0.717) is 11.3 Å². The van der Waals surface area contributed by atoms with Crippen molar-refractivity contribution >= 4 is 17.6 Å². The molecule has 1 aromatic heterocycles. The lowest BCUT2D eigenvalue weighted by Crippen LogP contribution is -2.45. The molecular formula is C12H18N2OS. The lowest BCUT2D eigenvalue weighted by molar-refractivity contribution is 0.277. The predicted octanol–water partition coefficient (Wildman–Crippen LogP) is 1.90. The molecule has 0 bridgehead atoms. The number of aliphatic hydroxyl groups is 1. The van der Waals surface area contributed by atoms with Crippen molar-refractivity contribution < 1.29 is 5.11 Å². The van der Waals surface area contributed by atoms with Gasteiger partial charge in [-0.2, -0.15) is 11.8 Å². The Balaban J connectivity index is 2.21. The molecule has 16 heavy (non-hydrogen) atoms. The third kappa shape index (κ3) is 2.33. The summed E-state index contributed by atoms with van der Waals surface area (Å²) >= 11 is 2.02. The van der Waals surface area contributed by atoms with Crippen LogP contribution in [0.25, 0.3) is 0 Å². The summed E-state index contributed by atoms with van der Waals surface area (Å²) in [4.78, 5) is 6.80. The van der Waals surface area contributed by atoms with Crippen molar-refractivity contribution in [3.05, 3.63) is 23.9 Å². The number of anilines is 1. The van der Waals surface area contributed by atoms with E-state index in [9.17, 15) is 0 Å². The lowest BCUT2D eigenvalue weighted by atomic mass is 10.2. The van der Waals surface area contributed by atoms with Gasteiger partial charge in [0, 0.05) is 23.6 Å². The maximum absolute atomic E-state index is 9.09. The maximum Gasteiger partial charge on any atom is 0.129 e. The molecule has 0 spiro atoms.